The number of carbonyl (C=O) groups excluding carboxylic acids is 2. The molecule has 2 aliphatic heterocycles. The van der Waals surface area contributed by atoms with Crippen LogP contribution in [-0.2, 0) is 11.2 Å². The number of fused-ring (bicyclic) bond motifs is 2. The molecule has 3 fully saturated rings. The molecule has 39 heavy (non-hydrogen) atoms. The zero-order chi connectivity index (χ0) is 27.7. The fourth-order valence-electron chi connectivity index (χ4n) is 6.03. The van der Waals surface area contributed by atoms with Gasteiger partial charge in [-0.25, -0.2) is 4.39 Å². The Kier molecular flexibility index (Phi) is 8.08. The Hall–Kier alpha value is -2.81. The van der Waals surface area contributed by atoms with Crippen LogP contribution in [0.15, 0.2) is 29.6 Å². The molecule has 1 aromatic heterocycles. The van der Waals surface area contributed by atoms with Crippen molar-refractivity contribution in [2.45, 2.75) is 50.4 Å². The minimum absolute atomic E-state index is 0.0306. The lowest BCUT2D eigenvalue weighted by atomic mass is 9.88. The normalized spacial score (nSPS) is 24.1. The van der Waals surface area contributed by atoms with E-state index in [2.05, 4.69) is 11.4 Å². The molecule has 0 unspecified atom stereocenters. The Morgan fingerprint density at radius 3 is 2.51 bits per heavy atom. The van der Waals surface area contributed by atoms with E-state index in [1.807, 2.05) is 0 Å². The molecule has 11 heteroatoms. The maximum atomic E-state index is 15.0. The molecule has 0 radical (unpaired) electrons. The van der Waals surface area contributed by atoms with Gasteiger partial charge in [0, 0.05) is 38.6 Å². The molecule has 2 bridgehead atoms. The van der Waals surface area contributed by atoms with Crippen molar-refractivity contribution in [1.29, 1.82) is 5.26 Å². The maximum Gasteiger partial charge on any atom is 0.401 e. The number of hydrogen-bond donors (Lipinski definition) is 1. The number of piperazine rings is 1. The van der Waals surface area contributed by atoms with Gasteiger partial charge in [-0.3, -0.25) is 14.5 Å². The fourth-order valence-corrected chi connectivity index (χ4v) is 6.91. The monoisotopic (exact) mass is 562 g/mol. The molecule has 2 saturated heterocycles. The van der Waals surface area contributed by atoms with E-state index < -0.39 is 24.5 Å². The third-order valence-electron chi connectivity index (χ3n) is 8.06. The first-order chi connectivity index (χ1) is 18.6. The number of nitriles is 1. The molecular weight excluding hydrogens is 532 g/mol. The van der Waals surface area contributed by atoms with Gasteiger partial charge in [0.15, 0.2) is 5.78 Å². The van der Waals surface area contributed by atoms with Gasteiger partial charge < -0.3 is 10.2 Å². The standard InChI is InChI=1S/C28H30F4N4O2S/c29-23-12-18(1-2-19(23)9-17(14-33)10-24(37)26-20-3-4-22(11-20)34-26)21-13-25(39-15-21)27(38)36-7-5-35(6-8-36)16-28(30,31)32/h1-2,12-13,15,17,20,22,26,34H,3-11,16H2/t17-,20+,22-,26+/m1/s1. The minimum atomic E-state index is -4.26. The van der Waals surface area contributed by atoms with Crippen molar-refractivity contribution in [2.75, 3.05) is 32.7 Å². The molecule has 6 nitrogen and oxygen atoms in total. The summed E-state index contributed by atoms with van der Waals surface area (Å²) in [5, 5.41) is 14.7. The second kappa shape index (κ2) is 11.4. The van der Waals surface area contributed by atoms with Gasteiger partial charge in [0.05, 0.1) is 29.5 Å². The zero-order valence-electron chi connectivity index (χ0n) is 21.3. The van der Waals surface area contributed by atoms with Crippen molar-refractivity contribution in [3.63, 3.8) is 0 Å². The maximum absolute atomic E-state index is 15.0. The molecule has 3 aliphatic rings. The van der Waals surface area contributed by atoms with Gasteiger partial charge in [-0.15, -0.1) is 11.3 Å². The molecule has 1 saturated carbocycles. The van der Waals surface area contributed by atoms with E-state index in [1.54, 1.807) is 28.5 Å². The number of rotatable bonds is 8. The molecular formula is C28H30F4N4O2S. The Balaban J connectivity index is 1.17. The van der Waals surface area contributed by atoms with Crippen LogP contribution in [0.25, 0.3) is 11.1 Å². The lowest BCUT2D eigenvalue weighted by molar-refractivity contribution is -0.148. The van der Waals surface area contributed by atoms with Gasteiger partial charge in [0.2, 0.25) is 0 Å². The largest absolute Gasteiger partial charge is 0.401 e. The summed E-state index contributed by atoms with van der Waals surface area (Å²) in [6.45, 7) is -0.241. The van der Waals surface area contributed by atoms with Crippen molar-refractivity contribution >= 4 is 23.0 Å². The summed E-state index contributed by atoms with van der Waals surface area (Å²) in [6.07, 6.45) is -0.884. The quantitative estimate of drug-likeness (QED) is 0.474. The third kappa shape index (κ3) is 6.51. The lowest BCUT2D eigenvalue weighted by Crippen LogP contribution is -2.50. The molecule has 1 aromatic carbocycles. The molecule has 1 aliphatic carbocycles. The highest BCUT2D eigenvalue weighted by Crippen LogP contribution is 2.36. The van der Waals surface area contributed by atoms with E-state index in [4.69, 9.17) is 0 Å². The fraction of sp³-hybridized carbons (Fsp3) is 0.536. The topological polar surface area (TPSA) is 76.4 Å². The first-order valence-corrected chi connectivity index (χ1v) is 14.1. The number of nitrogens with zero attached hydrogens (tertiary/aromatic N) is 3. The molecule has 3 heterocycles. The summed E-state index contributed by atoms with van der Waals surface area (Å²) >= 11 is 1.21. The number of alkyl halides is 3. The van der Waals surface area contributed by atoms with E-state index in [-0.39, 0.29) is 56.8 Å². The van der Waals surface area contributed by atoms with Gasteiger partial charge in [-0.05, 0) is 65.8 Å². The summed E-state index contributed by atoms with van der Waals surface area (Å²) in [7, 11) is 0. The number of hydrogen-bond acceptors (Lipinski definition) is 6. The number of ketones is 1. The van der Waals surface area contributed by atoms with E-state index in [0.717, 1.165) is 19.3 Å². The summed E-state index contributed by atoms with van der Waals surface area (Å²) in [6, 6.07) is 8.77. The van der Waals surface area contributed by atoms with Crippen LogP contribution in [0.1, 0.15) is 40.9 Å². The van der Waals surface area contributed by atoms with E-state index in [9.17, 15) is 28.0 Å². The van der Waals surface area contributed by atoms with Crippen LogP contribution in [0.5, 0.6) is 0 Å². The van der Waals surface area contributed by atoms with Gasteiger partial charge in [-0.1, -0.05) is 12.1 Å². The first kappa shape index (κ1) is 27.7. The van der Waals surface area contributed by atoms with Crippen LogP contribution >= 0.6 is 11.3 Å². The van der Waals surface area contributed by atoms with Crippen molar-refractivity contribution in [1.82, 2.24) is 15.1 Å². The molecule has 1 N–H and O–H groups in total. The van der Waals surface area contributed by atoms with E-state index >= 15 is 4.39 Å². The van der Waals surface area contributed by atoms with Gasteiger partial charge in [0.25, 0.3) is 5.91 Å². The number of nitrogens with one attached hydrogen (secondary N) is 1. The number of amides is 1. The molecule has 0 spiro atoms. The lowest BCUT2D eigenvalue weighted by Gasteiger charge is -2.34. The van der Waals surface area contributed by atoms with Gasteiger partial charge >= 0.3 is 6.18 Å². The second-order valence-corrected chi connectivity index (χ2v) is 11.7. The molecule has 208 valence electrons. The summed E-state index contributed by atoms with van der Waals surface area (Å²) < 4.78 is 52.9. The first-order valence-electron chi connectivity index (χ1n) is 13.2. The van der Waals surface area contributed by atoms with Gasteiger partial charge in [0.1, 0.15) is 5.82 Å². The zero-order valence-corrected chi connectivity index (χ0v) is 22.2. The second-order valence-electron chi connectivity index (χ2n) is 10.8. The summed E-state index contributed by atoms with van der Waals surface area (Å²) in [5.74, 6) is -0.956. The summed E-state index contributed by atoms with van der Waals surface area (Å²) in [5.41, 5.74) is 1.61. The average Bonchev–Trinajstić information content (AvgIpc) is 3.66. The van der Waals surface area contributed by atoms with Crippen LogP contribution in [-0.4, -0.2) is 72.5 Å². The van der Waals surface area contributed by atoms with E-state index in [1.165, 1.54) is 22.3 Å². The Morgan fingerprint density at radius 2 is 1.90 bits per heavy atom. The number of Topliss-reactive ketones (excluding diaryl/α,β-unsaturated/α-hetero) is 1. The Bertz CT molecular complexity index is 1260. The number of thiophene rings is 1. The highest BCUT2D eigenvalue weighted by molar-refractivity contribution is 7.12. The highest BCUT2D eigenvalue weighted by atomic mass is 32.1. The Labute approximate surface area is 228 Å². The van der Waals surface area contributed by atoms with Crippen molar-refractivity contribution in [2.24, 2.45) is 11.8 Å². The van der Waals surface area contributed by atoms with Crippen LogP contribution in [0, 0.1) is 29.0 Å². The smallest absolute Gasteiger partial charge is 0.335 e. The van der Waals surface area contributed by atoms with Gasteiger partial charge in [-0.2, -0.15) is 18.4 Å². The predicted octanol–water partition coefficient (Wildman–Crippen LogP) is 4.66. The Morgan fingerprint density at radius 1 is 1.13 bits per heavy atom. The van der Waals surface area contributed by atoms with Crippen LogP contribution in [0.4, 0.5) is 17.6 Å². The molecule has 1 amide bonds. The number of halogens is 4. The van der Waals surface area contributed by atoms with Crippen molar-refractivity contribution in [3.05, 3.63) is 45.9 Å². The van der Waals surface area contributed by atoms with Crippen LogP contribution in [0.2, 0.25) is 0 Å². The molecule has 5 rings (SSSR count). The third-order valence-corrected chi connectivity index (χ3v) is 8.98. The predicted molar refractivity (Wildman–Crippen MR) is 139 cm³/mol. The SMILES string of the molecule is N#C[C@@H](CC(=O)[C@H]1N[C@@H]2CC[C@H]1C2)Cc1ccc(-c2csc(C(=O)N3CCN(CC(F)(F)F)CC3)c2)cc1F. The molecule has 4 atom stereocenters. The van der Waals surface area contributed by atoms with Crippen molar-refractivity contribution < 1.29 is 27.2 Å². The summed E-state index contributed by atoms with van der Waals surface area (Å²) in [4.78, 5) is 28.9. The highest BCUT2D eigenvalue weighted by Gasteiger charge is 2.42. The van der Waals surface area contributed by atoms with Crippen LogP contribution in [0.3, 0.4) is 0 Å². The molecule has 2 aromatic rings. The minimum Gasteiger partial charge on any atom is -0.335 e. The van der Waals surface area contributed by atoms with E-state index in [0.29, 0.717) is 33.5 Å². The van der Waals surface area contributed by atoms with Crippen LogP contribution < -0.4 is 5.32 Å². The van der Waals surface area contributed by atoms with Crippen molar-refractivity contribution in [3.8, 4) is 17.2 Å². The number of piperidine rings is 1. The number of carbonyl (C=O) groups is 2. The average molecular weight is 563 g/mol. The number of benzene rings is 1.